The van der Waals surface area contributed by atoms with Crippen LogP contribution >= 0.6 is 0 Å². The van der Waals surface area contributed by atoms with Crippen LogP contribution in [0.3, 0.4) is 0 Å². The molecule has 1 aromatic heterocycles. The lowest BCUT2D eigenvalue weighted by atomic mass is 10.0. The molecule has 0 unspecified atom stereocenters. The molecule has 1 aliphatic carbocycles. The van der Waals surface area contributed by atoms with Crippen molar-refractivity contribution in [1.82, 2.24) is 9.88 Å². The number of nitrogens with one attached hydrogen (secondary N) is 2. The number of aromatic nitrogens is 1. The maximum absolute atomic E-state index is 14.5. The zero-order valence-corrected chi connectivity index (χ0v) is 32.7. The average molecular weight is 772 g/mol. The number of sulfone groups is 1. The number of carbonyl (C=O) groups is 4. The number of likely N-dealkylation sites (N-methyl/N-ethyl adjacent to an activating group) is 1. The summed E-state index contributed by atoms with van der Waals surface area (Å²) in [5, 5.41) is 6.53. The maximum Gasteiger partial charge on any atom is 0.425 e. The predicted molar refractivity (Wildman–Crippen MR) is 206 cm³/mol. The summed E-state index contributed by atoms with van der Waals surface area (Å²) in [4.78, 5) is 60.8. The Morgan fingerprint density at radius 2 is 1.62 bits per heavy atom. The van der Waals surface area contributed by atoms with E-state index in [9.17, 15) is 27.6 Å². The summed E-state index contributed by atoms with van der Waals surface area (Å²) in [6.45, 7) is 9.94. The lowest BCUT2D eigenvalue weighted by molar-refractivity contribution is -0.131. The molecule has 2 aliphatic rings. The van der Waals surface area contributed by atoms with E-state index in [0.29, 0.717) is 51.7 Å². The van der Waals surface area contributed by atoms with Crippen LogP contribution in [0.15, 0.2) is 77.8 Å². The molecule has 0 spiro atoms. The molecule has 6 rings (SSSR count). The van der Waals surface area contributed by atoms with Crippen molar-refractivity contribution in [1.29, 1.82) is 0 Å². The molecule has 1 fully saturated rings. The first-order valence-electron chi connectivity index (χ1n) is 17.8. The Morgan fingerprint density at radius 1 is 0.927 bits per heavy atom. The number of nitrogens with zero attached hydrogens (tertiary/aromatic N) is 3. The van der Waals surface area contributed by atoms with Crippen molar-refractivity contribution in [3.05, 3.63) is 89.6 Å². The SMILES string of the molecule is CN1Cc2cc(ccc2S(=O)(=O)C2CC2)NC(=O)OCc2cccc(c2)[C@@H](Nc2ccc3c(N(C(=O)OC(C)(C)C)C(=O)OC(C)(C)C)nccc3c2)C1=O. The Labute approximate surface area is 320 Å². The molecule has 1 aliphatic heterocycles. The number of pyridine rings is 1. The van der Waals surface area contributed by atoms with E-state index in [1.54, 1.807) is 103 Å². The molecule has 4 aromatic rings. The molecule has 4 amide bonds. The van der Waals surface area contributed by atoms with Gasteiger partial charge in [0.2, 0.25) is 5.91 Å². The Kier molecular flexibility index (Phi) is 10.5. The molecule has 290 valence electrons. The number of fused-ring (bicyclic) bond motifs is 5. The zero-order chi connectivity index (χ0) is 39.9. The van der Waals surface area contributed by atoms with E-state index >= 15 is 0 Å². The molecular weight excluding hydrogens is 727 g/mol. The van der Waals surface area contributed by atoms with Gasteiger partial charge in [0.1, 0.15) is 23.9 Å². The van der Waals surface area contributed by atoms with Crippen LogP contribution in [-0.2, 0) is 42.0 Å². The fourth-order valence-corrected chi connectivity index (χ4v) is 7.94. The van der Waals surface area contributed by atoms with Crippen molar-refractivity contribution in [3.63, 3.8) is 0 Å². The van der Waals surface area contributed by atoms with Crippen molar-refractivity contribution in [2.45, 2.75) is 94.9 Å². The smallest absolute Gasteiger partial charge is 0.425 e. The molecule has 0 radical (unpaired) electrons. The van der Waals surface area contributed by atoms with E-state index in [1.807, 2.05) is 0 Å². The first kappa shape index (κ1) is 39.0. The number of anilines is 3. The molecule has 1 saturated carbocycles. The summed E-state index contributed by atoms with van der Waals surface area (Å²) >= 11 is 0. The van der Waals surface area contributed by atoms with Gasteiger partial charge >= 0.3 is 18.3 Å². The van der Waals surface area contributed by atoms with Gasteiger partial charge < -0.3 is 24.4 Å². The second kappa shape index (κ2) is 14.9. The highest BCUT2D eigenvalue weighted by Crippen LogP contribution is 2.37. The van der Waals surface area contributed by atoms with Crippen molar-refractivity contribution in [2.75, 3.05) is 22.6 Å². The van der Waals surface area contributed by atoms with E-state index in [1.165, 1.54) is 23.2 Å². The van der Waals surface area contributed by atoms with E-state index in [4.69, 9.17) is 14.2 Å². The first-order valence-corrected chi connectivity index (χ1v) is 19.4. The number of ether oxygens (including phenoxy) is 3. The third-order valence-corrected chi connectivity index (χ3v) is 11.0. The monoisotopic (exact) mass is 771 g/mol. The number of hydrogen-bond donors (Lipinski definition) is 2. The summed E-state index contributed by atoms with van der Waals surface area (Å²) in [6.07, 6.45) is -0.0601. The largest absolute Gasteiger partial charge is 0.444 e. The van der Waals surface area contributed by atoms with Gasteiger partial charge in [0, 0.05) is 36.6 Å². The van der Waals surface area contributed by atoms with Crippen LogP contribution in [0.5, 0.6) is 0 Å². The van der Waals surface area contributed by atoms with Crippen molar-refractivity contribution >= 4 is 62.0 Å². The van der Waals surface area contributed by atoms with Crippen LogP contribution in [0.4, 0.5) is 31.6 Å². The zero-order valence-electron chi connectivity index (χ0n) is 31.8. The number of carbonyl (C=O) groups excluding carboxylic acids is 4. The van der Waals surface area contributed by atoms with Crippen molar-refractivity contribution in [3.8, 4) is 0 Å². The Balaban J connectivity index is 1.38. The highest BCUT2D eigenvalue weighted by molar-refractivity contribution is 7.92. The van der Waals surface area contributed by atoms with Crippen LogP contribution in [0, 0.1) is 0 Å². The summed E-state index contributed by atoms with van der Waals surface area (Å²) in [6, 6.07) is 17.4. The normalized spacial score (nSPS) is 16.7. The van der Waals surface area contributed by atoms with Gasteiger partial charge in [-0.3, -0.25) is 10.1 Å². The van der Waals surface area contributed by atoms with Crippen molar-refractivity contribution < 1.29 is 41.8 Å². The third-order valence-electron chi connectivity index (χ3n) is 8.68. The highest BCUT2D eigenvalue weighted by Gasteiger charge is 2.39. The second-order valence-electron chi connectivity index (χ2n) is 15.7. The van der Waals surface area contributed by atoms with Gasteiger partial charge in [-0.1, -0.05) is 18.2 Å². The molecule has 2 heterocycles. The molecule has 1 atom stereocenters. The summed E-state index contributed by atoms with van der Waals surface area (Å²) in [7, 11) is -2.06. The van der Waals surface area contributed by atoms with Crippen LogP contribution in [0.2, 0.25) is 0 Å². The van der Waals surface area contributed by atoms with Gasteiger partial charge in [0.05, 0.1) is 10.1 Å². The number of imide groups is 1. The minimum absolute atomic E-state index is 0.00253. The summed E-state index contributed by atoms with van der Waals surface area (Å²) in [5.41, 5.74) is 0.558. The van der Waals surface area contributed by atoms with E-state index in [2.05, 4.69) is 15.6 Å². The summed E-state index contributed by atoms with van der Waals surface area (Å²) < 4.78 is 43.5. The molecule has 0 saturated heterocycles. The molecule has 55 heavy (non-hydrogen) atoms. The van der Waals surface area contributed by atoms with Gasteiger partial charge in [-0.2, -0.15) is 4.90 Å². The molecule has 2 N–H and O–H groups in total. The quantitative estimate of drug-likeness (QED) is 0.190. The Bertz CT molecular complexity index is 2250. The van der Waals surface area contributed by atoms with E-state index in [-0.39, 0.29) is 29.8 Å². The van der Waals surface area contributed by atoms with Crippen LogP contribution in [0.1, 0.15) is 77.1 Å². The maximum atomic E-state index is 14.5. The standard InChI is InChI=1S/C40H45N5O9S/c1-39(2,3)53-37(48)45(38(49)54-40(4,5)6)34-31-15-11-28(20-25(31)17-18-41-34)42-33-26-10-8-9-24(19-26)23-52-36(47)43-29-12-16-32(55(50,51)30-13-14-30)27(21-29)22-44(7)35(33)46/h8-12,15-21,30,33,42H,13-14,22-23H2,1-7H3,(H,43,47)/t33-/m1/s1. The van der Waals surface area contributed by atoms with Crippen LogP contribution in [0.25, 0.3) is 10.8 Å². The van der Waals surface area contributed by atoms with Gasteiger partial charge in [0.25, 0.3) is 0 Å². The van der Waals surface area contributed by atoms with E-state index in [0.717, 1.165) is 4.90 Å². The molecular formula is C40H45N5O9S. The molecule has 15 heteroatoms. The van der Waals surface area contributed by atoms with Crippen molar-refractivity contribution in [2.24, 2.45) is 0 Å². The highest BCUT2D eigenvalue weighted by atomic mass is 32.2. The molecule has 4 bridgehead atoms. The number of benzene rings is 3. The lowest BCUT2D eigenvalue weighted by Gasteiger charge is -2.29. The number of hydrogen-bond acceptors (Lipinski definition) is 11. The lowest BCUT2D eigenvalue weighted by Crippen LogP contribution is -2.44. The van der Waals surface area contributed by atoms with Gasteiger partial charge in [-0.15, -0.1) is 0 Å². The average Bonchev–Trinajstić information content (AvgIpc) is 3.95. The first-order chi connectivity index (χ1) is 25.8. The van der Waals surface area contributed by atoms with Crippen LogP contribution < -0.4 is 15.5 Å². The number of rotatable bonds is 5. The fraction of sp³-hybridized carbons (Fsp3) is 0.375. The number of amides is 4. The third kappa shape index (κ3) is 9.16. The number of cyclic esters (lactones) is 1. The van der Waals surface area contributed by atoms with E-state index < -0.39 is 50.6 Å². The van der Waals surface area contributed by atoms with Gasteiger partial charge in [-0.25, -0.2) is 27.8 Å². The van der Waals surface area contributed by atoms with Gasteiger partial charge in [-0.05, 0) is 125 Å². The second-order valence-corrected chi connectivity index (χ2v) is 17.8. The minimum Gasteiger partial charge on any atom is -0.444 e. The Morgan fingerprint density at radius 3 is 2.27 bits per heavy atom. The Hall–Kier alpha value is -5.70. The van der Waals surface area contributed by atoms with Gasteiger partial charge in [0.15, 0.2) is 15.7 Å². The fourth-order valence-electron chi connectivity index (χ4n) is 6.08. The topological polar surface area (TPSA) is 174 Å². The molecule has 3 aromatic carbocycles. The summed E-state index contributed by atoms with van der Waals surface area (Å²) in [5.74, 6) is -0.367. The van der Waals surface area contributed by atoms with Crippen LogP contribution in [-0.4, -0.2) is 66.0 Å². The predicted octanol–water partition coefficient (Wildman–Crippen LogP) is 7.72. The molecule has 14 nitrogen and oxygen atoms in total. The minimum atomic E-state index is -3.65.